The quantitative estimate of drug-likeness (QED) is 0.0421. The van der Waals surface area contributed by atoms with Crippen LogP contribution in [0.15, 0.2) is 0 Å². The second-order valence-corrected chi connectivity index (χ2v) is 17.6. The van der Waals surface area contributed by atoms with Gasteiger partial charge in [0.2, 0.25) is 5.91 Å². The Morgan fingerprint density at radius 1 is 0.446 bits per heavy atom. The molecular weight excluding hydrogens is 695 g/mol. The molecule has 6 nitrogen and oxygen atoms in total. The molecule has 0 aliphatic rings. The standard InChI is InChI=1S/C50H99NO5/c1-4-7-10-13-16-19-22-25-28-31-34-37-40-43-50(55)56-46(41-38-35-32-29-26-23-20-17-14-11-8-5-2)44-49(54)51-47(45-52)48(53)42-39-36-33-30-27-24-21-18-15-12-9-6-3/h46-48,52-53H,4-45H2,1-3H3,(H,51,54). The van der Waals surface area contributed by atoms with E-state index in [2.05, 4.69) is 26.1 Å². The Morgan fingerprint density at radius 3 is 1.09 bits per heavy atom. The largest absolute Gasteiger partial charge is 0.462 e. The summed E-state index contributed by atoms with van der Waals surface area (Å²) in [6.07, 6.45) is 47.3. The van der Waals surface area contributed by atoms with Crippen molar-refractivity contribution in [2.24, 2.45) is 0 Å². The van der Waals surface area contributed by atoms with Crippen molar-refractivity contribution in [2.75, 3.05) is 6.61 Å². The number of hydrogen-bond acceptors (Lipinski definition) is 5. The van der Waals surface area contributed by atoms with Crippen molar-refractivity contribution in [3.05, 3.63) is 0 Å². The molecule has 3 atom stereocenters. The first-order valence-corrected chi connectivity index (χ1v) is 25.3. The second kappa shape index (κ2) is 45.0. The highest BCUT2D eigenvalue weighted by Crippen LogP contribution is 2.19. The summed E-state index contributed by atoms with van der Waals surface area (Å²) in [6.45, 7) is 6.50. The van der Waals surface area contributed by atoms with Crippen molar-refractivity contribution in [1.82, 2.24) is 5.32 Å². The zero-order chi connectivity index (χ0) is 41.0. The fourth-order valence-electron chi connectivity index (χ4n) is 8.08. The number of unbranched alkanes of at least 4 members (excludes halogenated alkanes) is 34. The minimum absolute atomic E-state index is 0.0875. The van der Waals surface area contributed by atoms with Crippen LogP contribution in [0, 0.1) is 0 Å². The van der Waals surface area contributed by atoms with Crippen LogP contribution in [0.5, 0.6) is 0 Å². The van der Waals surface area contributed by atoms with Crippen LogP contribution in [-0.2, 0) is 14.3 Å². The van der Waals surface area contributed by atoms with E-state index in [9.17, 15) is 19.8 Å². The van der Waals surface area contributed by atoms with E-state index in [1.165, 1.54) is 199 Å². The summed E-state index contributed by atoms with van der Waals surface area (Å²) in [6, 6.07) is -0.691. The molecule has 3 unspecified atom stereocenters. The van der Waals surface area contributed by atoms with Crippen molar-refractivity contribution < 1.29 is 24.5 Å². The summed E-state index contributed by atoms with van der Waals surface area (Å²) in [5, 5.41) is 23.7. The number of nitrogens with one attached hydrogen (secondary N) is 1. The lowest BCUT2D eigenvalue weighted by Crippen LogP contribution is -2.46. The van der Waals surface area contributed by atoms with Crippen molar-refractivity contribution in [3.63, 3.8) is 0 Å². The highest BCUT2D eigenvalue weighted by molar-refractivity contribution is 5.77. The monoisotopic (exact) mass is 794 g/mol. The van der Waals surface area contributed by atoms with Crippen molar-refractivity contribution in [1.29, 1.82) is 0 Å². The molecule has 0 radical (unpaired) electrons. The average molecular weight is 794 g/mol. The van der Waals surface area contributed by atoms with Crippen molar-refractivity contribution in [2.45, 2.75) is 302 Å². The van der Waals surface area contributed by atoms with Gasteiger partial charge >= 0.3 is 5.97 Å². The minimum Gasteiger partial charge on any atom is -0.462 e. The van der Waals surface area contributed by atoms with E-state index in [1.807, 2.05) is 0 Å². The molecule has 0 aliphatic heterocycles. The maximum absolute atomic E-state index is 13.2. The third-order valence-electron chi connectivity index (χ3n) is 11.9. The third kappa shape index (κ3) is 39.7. The minimum atomic E-state index is -0.778. The molecule has 0 rings (SSSR count). The lowest BCUT2D eigenvalue weighted by atomic mass is 10.0. The molecule has 0 bridgehead atoms. The summed E-state index contributed by atoms with van der Waals surface area (Å²) < 4.78 is 5.93. The van der Waals surface area contributed by atoms with Gasteiger partial charge in [0.25, 0.3) is 0 Å². The van der Waals surface area contributed by atoms with Gasteiger partial charge in [0.1, 0.15) is 6.10 Å². The summed E-state index contributed by atoms with van der Waals surface area (Å²) >= 11 is 0. The number of carbonyl (C=O) groups is 2. The fraction of sp³-hybridized carbons (Fsp3) is 0.960. The number of carbonyl (C=O) groups excluding carboxylic acids is 2. The zero-order valence-electron chi connectivity index (χ0n) is 38.0. The molecule has 0 saturated heterocycles. The number of esters is 1. The second-order valence-electron chi connectivity index (χ2n) is 17.6. The molecule has 6 heteroatoms. The van der Waals surface area contributed by atoms with Crippen LogP contribution >= 0.6 is 0 Å². The van der Waals surface area contributed by atoms with Crippen LogP contribution in [0.2, 0.25) is 0 Å². The first-order valence-electron chi connectivity index (χ1n) is 25.3. The van der Waals surface area contributed by atoms with E-state index in [1.54, 1.807) is 0 Å². The smallest absolute Gasteiger partial charge is 0.306 e. The lowest BCUT2D eigenvalue weighted by molar-refractivity contribution is -0.151. The van der Waals surface area contributed by atoms with Crippen LogP contribution in [-0.4, -0.2) is 46.9 Å². The van der Waals surface area contributed by atoms with Gasteiger partial charge < -0.3 is 20.3 Å². The Bertz CT molecular complexity index is 806. The van der Waals surface area contributed by atoms with Gasteiger partial charge in [-0.3, -0.25) is 9.59 Å². The number of ether oxygens (including phenoxy) is 1. The predicted octanol–water partition coefficient (Wildman–Crippen LogP) is 14.8. The van der Waals surface area contributed by atoms with E-state index in [0.717, 1.165) is 38.5 Å². The molecular formula is C50H99NO5. The predicted molar refractivity (Wildman–Crippen MR) is 241 cm³/mol. The fourth-order valence-corrected chi connectivity index (χ4v) is 8.08. The molecule has 0 aromatic rings. The van der Waals surface area contributed by atoms with Crippen LogP contribution < -0.4 is 5.32 Å². The van der Waals surface area contributed by atoms with Gasteiger partial charge in [0.15, 0.2) is 0 Å². The van der Waals surface area contributed by atoms with Crippen LogP contribution in [0.1, 0.15) is 284 Å². The maximum atomic E-state index is 13.2. The number of rotatable bonds is 46. The third-order valence-corrected chi connectivity index (χ3v) is 11.9. The Morgan fingerprint density at radius 2 is 0.750 bits per heavy atom. The highest BCUT2D eigenvalue weighted by atomic mass is 16.5. The maximum Gasteiger partial charge on any atom is 0.306 e. The van der Waals surface area contributed by atoms with E-state index >= 15 is 0 Å². The number of amides is 1. The molecule has 0 aromatic heterocycles. The van der Waals surface area contributed by atoms with E-state index < -0.39 is 18.2 Å². The molecule has 0 fully saturated rings. The molecule has 3 N–H and O–H groups in total. The Balaban J connectivity index is 4.51. The van der Waals surface area contributed by atoms with Gasteiger partial charge in [-0.1, -0.05) is 245 Å². The average Bonchev–Trinajstić information content (AvgIpc) is 3.19. The number of hydrogen-bond donors (Lipinski definition) is 3. The molecule has 334 valence electrons. The summed E-state index contributed by atoms with van der Waals surface area (Å²) in [5.41, 5.74) is 0. The van der Waals surface area contributed by atoms with Crippen molar-refractivity contribution >= 4 is 11.9 Å². The van der Waals surface area contributed by atoms with Crippen LogP contribution in [0.4, 0.5) is 0 Å². The summed E-state index contributed by atoms with van der Waals surface area (Å²) in [4.78, 5) is 26.1. The lowest BCUT2D eigenvalue weighted by Gasteiger charge is -2.24. The molecule has 0 aliphatic carbocycles. The summed E-state index contributed by atoms with van der Waals surface area (Å²) in [7, 11) is 0. The van der Waals surface area contributed by atoms with Gasteiger partial charge in [0, 0.05) is 6.42 Å². The van der Waals surface area contributed by atoms with E-state index in [4.69, 9.17) is 4.74 Å². The molecule has 0 spiro atoms. The van der Waals surface area contributed by atoms with Gasteiger partial charge in [-0.2, -0.15) is 0 Å². The molecule has 0 heterocycles. The van der Waals surface area contributed by atoms with Crippen LogP contribution in [0.3, 0.4) is 0 Å². The Kier molecular flexibility index (Phi) is 44.0. The topological polar surface area (TPSA) is 95.9 Å². The van der Waals surface area contributed by atoms with Gasteiger partial charge in [0.05, 0.1) is 25.2 Å². The molecule has 0 saturated carbocycles. The highest BCUT2D eigenvalue weighted by Gasteiger charge is 2.24. The van der Waals surface area contributed by atoms with Gasteiger partial charge in [-0.15, -0.1) is 0 Å². The SMILES string of the molecule is CCCCCCCCCCCCCCCC(=O)OC(CCCCCCCCCCCCCC)CC(=O)NC(CO)C(O)CCCCCCCCCCCCCC. The first-order chi connectivity index (χ1) is 27.5. The van der Waals surface area contributed by atoms with Gasteiger partial charge in [-0.05, 0) is 25.7 Å². The van der Waals surface area contributed by atoms with E-state index in [-0.39, 0.29) is 24.9 Å². The number of aliphatic hydroxyl groups excluding tert-OH is 2. The summed E-state index contributed by atoms with van der Waals surface area (Å²) in [5.74, 6) is -0.453. The molecule has 56 heavy (non-hydrogen) atoms. The Labute approximate surface area is 349 Å². The van der Waals surface area contributed by atoms with Gasteiger partial charge in [-0.25, -0.2) is 0 Å². The normalized spacial score (nSPS) is 13.2. The zero-order valence-corrected chi connectivity index (χ0v) is 38.0. The Hall–Kier alpha value is -1.14. The number of aliphatic hydroxyl groups is 2. The van der Waals surface area contributed by atoms with Crippen LogP contribution in [0.25, 0.3) is 0 Å². The first kappa shape index (κ1) is 54.9. The molecule has 1 amide bonds. The van der Waals surface area contributed by atoms with E-state index in [0.29, 0.717) is 19.3 Å². The van der Waals surface area contributed by atoms with Crippen molar-refractivity contribution in [3.8, 4) is 0 Å². The molecule has 0 aromatic carbocycles.